The van der Waals surface area contributed by atoms with Crippen LogP contribution in [0.15, 0.2) is 16.7 Å². The molecule has 0 aliphatic carbocycles. The van der Waals surface area contributed by atoms with Crippen LogP contribution in [0.2, 0.25) is 0 Å². The molecule has 0 unspecified atom stereocenters. The normalized spacial score (nSPS) is 19.4. The summed E-state index contributed by atoms with van der Waals surface area (Å²) in [5, 5.41) is 6.39. The highest BCUT2D eigenvalue weighted by atomic mass is 16.3. The van der Waals surface area contributed by atoms with Crippen LogP contribution in [0, 0.1) is 6.92 Å². The molecule has 0 atom stereocenters. The highest BCUT2D eigenvalue weighted by molar-refractivity contribution is 5.95. The van der Waals surface area contributed by atoms with E-state index >= 15 is 0 Å². The van der Waals surface area contributed by atoms with E-state index < -0.39 is 0 Å². The van der Waals surface area contributed by atoms with Crippen LogP contribution in [0.3, 0.4) is 0 Å². The van der Waals surface area contributed by atoms with E-state index in [0.717, 1.165) is 25.9 Å². The Labute approximate surface area is 95.4 Å². The molecule has 1 fully saturated rings. The van der Waals surface area contributed by atoms with Crippen LogP contribution in [-0.4, -0.2) is 24.5 Å². The molecule has 1 aromatic rings. The molecule has 88 valence electrons. The Balaban J connectivity index is 2.04. The quantitative estimate of drug-likeness (QED) is 0.796. The Morgan fingerprint density at radius 1 is 1.50 bits per heavy atom. The SMILES string of the molecule is Cc1occc1C(=O)NC1(C)CCNCC1. The van der Waals surface area contributed by atoms with Crippen molar-refractivity contribution in [3.8, 4) is 0 Å². The second-order valence-electron chi connectivity index (χ2n) is 4.66. The van der Waals surface area contributed by atoms with Crippen molar-refractivity contribution in [2.45, 2.75) is 32.2 Å². The predicted octanol–water partition coefficient (Wildman–Crippen LogP) is 1.46. The number of nitrogens with one attached hydrogen (secondary N) is 2. The van der Waals surface area contributed by atoms with Crippen LogP contribution in [-0.2, 0) is 0 Å². The fraction of sp³-hybridized carbons (Fsp3) is 0.583. The molecule has 1 saturated heterocycles. The number of amides is 1. The lowest BCUT2D eigenvalue weighted by Crippen LogP contribution is -2.52. The van der Waals surface area contributed by atoms with Crippen molar-refractivity contribution in [1.82, 2.24) is 10.6 Å². The van der Waals surface area contributed by atoms with Gasteiger partial charge in [-0.1, -0.05) is 0 Å². The Kier molecular flexibility index (Phi) is 3.01. The van der Waals surface area contributed by atoms with Gasteiger partial charge in [0.05, 0.1) is 11.8 Å². The summed E-state index contributed by atoms with van der Waals surface area (Å²) in [6, 6.07) is 1.72. The molecule has 0 radical (unpaired) electrons. The smallest absolute Gasteiger partial charge is 0.255 e. The number of hydrogen-bond acceptors (Lipinski definition) is 3. The van der Waals surface area contributed by atoms with Crippen molar-refractivity contribution in [1.29, 1.82) is 0 Å². The molecule has 1 aliphatic rings. The van der Waals surface area contributed by atoms with Gasteiger partial charge in [0.25, 0.3) is 5.91 Å². The van der Waals surface area contributed by atoms with E-state index in [0.29, 0.717) is 11.3 Å². The average molecular weight is 222 g/mol. The van der Waals surface area contributed by atoms with E-state index in [9.17, 15) is 4.79 Å². The number of hydrogen-bond donors (Lipinski definition) is 2. The second kappa shape index (κ2) is 4.29. The van der Waals surface area contributed by atoms with E-state index in [4.69, 9.17) is 4.42 Å². The van der Waals surface area contributed by atoms with Crippen molar-refractivity contribution >= 4 is 5.91 Å². The van der Waals surface area contributed by atoms with Gasteiger partial charge < -0.3 is 15.1 Å². The molecule has 0 saturated carbocycles. The predicted molar refractivity (Wildman–Crippen MR) is 61.4 cm³/mol. The summed E-state index contributed by atoms with van der Waals surface area (Å²) in [7, 11) is 0. The molecule has 2 heterocycles. The van der Waals surface area contributed by atoms with Gasteiger partial charge in [-0.15, -0.1) is 0 Å². The average Bonchev–Trinajstić information content (AvgIpc) is 2.65. The van der Waals surface area contributed by atoms with Crippen molar-refractivity contribution in [2.75, 3.05) is 13.1 Å². The third kappa shape index (κ3) is 2.27. The van der Waals surface area contributed by atoms with Gasteiger partial charge in [0, 0.05) is 5.54 Å². The van der Waals surface area contributed by atoms with Gasteiger partial charge in [-0.25, -0.2) is 0 Å². The lowest BCUT2D eigenvalue weighted by Gasteiger charge is -2.34. The Morgan fingerprint density at radius 2 is 2.19 bits per heavy atom. The number of piperidine rings is 1. The number of furan rings is 1. The molecule has 16 heavy (non-hydrogen) atoms. The number of rotatable bonds is 2. The standard InChI is InChI=1S/C12H18N2O2/c1-9-10(3-8-16-9)11(15)14-12(2)4-6-13-7-5-12/h3,8,13H,4-7H2,1-2H3,(H,14,15). The minimum atomic E-state index is -0.0912. The molecular formula is C12H18N2O2. The molecule has 4 nitrogen and oxygen atoms in total. The minimum Gasteiger partial charge on any atom is -0.469 e. The summed E-state index contributed by atoms with van der Waals surface area (Å²) in [6.45, 7) is 5.82. The molecule has 0 aromatic carbocycles. The van der Waals surface area contributed by atoms with Crippen molar-refractivity contribution in [2.24, 2.45) is 0 Å². The first-order valence-electron chi connectivity index (χ1n) is 5.68. The summed E-state index contributed by atoms with van der Waals surface area (Å²) < 4.78 is 5.13. The fourth-order valence-electron chi connectivity index (χ4n) is 2.07. The summed E-state index contributed by atoms with van der Waals surface area (Å²) in [4.78, 5) is 12.0. The Morgan fingerprint density at radius 3 is 2.75 bits per heavy atom. The molecular weight excluding hydrogens is 204 g/mol. The van der Waals surface area contributed by atoms with Gasteiger partial charge in [0.1, 0.15) is 5.76 Å². The second-order valence-corrected chi connectivity index (χ2v) is 4.66. The molecule has 0 spiro atoms. The maximum atomic E-state index is 12.0. The Bertz CT molecular complexity index is 378. The molecule has 1 amide bonds. The van der Waals surface area contributed by atoms with Crippen LogP contribution in [0.4, 0.5) is 0 Å². The monoisotopic (exact) mass is 222 g/mol. The van der Waals surface area contributed by atoms with Crippen molar-refractivity contribution in [3.63, 3.8) is 0 Å². The maximum Gasteiger partial charge on any atom is 0.255 e. The molecule has 1 aromatic heterocycles. The van der Waals surface area contributed by atoms with Crippen LogP contribution < -0.4 is 10.6 Å². The first kappa shape index (κ1) is 11.2. The third-order valence-electron chi connectivity index (χ3n) is 3.23. The van der Waals surface area contributed by atoms with E-state index in [1.165, 1.54) is 0 Å². The first-order chi connectivity index (χ1) is 7.61. The van der Waals surface area contributed by atoms with Crippen molar-refractivity contribution in [3.05, 3.63) is 23.7 Å². The van der Waals surface area contributed by atoms with Gasteiger partial charge in [-0.2, -0.15) is 0 Å². The first-order valence-corrected chi connectivity index (χ1v) is 5.68. The number of carbonyl (C=O) groups excluding carboxylic acids is 1. The topological polar surface area (TPSA) is 54.3 Å². The fourth-order valence-corrected chi connectivity index (χ4v) is 2.07. The van der Waals surface area contributed by atoms with Gasteiger partial charge in [0.2, 0.25) is 0 Å². The summed E-state index contributed by atoms with van der Waals surface area (Å²) in [5.74, 6) is 0.644. The summed E-state index contributed by atoms with van der Waals surface area (Å²) >= 11 is 0. The lowest BCUT2D eigenvalue weighted by molar-refractivity contribution is 0.0886. The van der Waals surface area contributed by atoms with E-state index in [2.05, 4.69) is 17.6 Å². The van der Waals surface area contributed by atoms with Crippen LogP contribution >= 0.6 is 0 Å². The minimum absolute atomic E-state index is 0.0318. The van der Waals surface area contributed by atoms with E-state index in [1.54, 1.807) is 19.3 Å². The molecule has 0 bridgehead atoms. The lowest BCUT2D eigenvalue weighted by atomic mass is 9.90. The number of aryl methyl sites for hydroxylation is 1. The third-order valence-corrected chi connectivity index (χ3v) is 3.23. The van der Waals surface area contributed by atoms with Gasteiger partial charge in [-0.3, -0.25) is 4.79 Å². The van der Waals surface area contributed by atoms with Crippen LogP contribution in [0.25, 0.3) is 0 Å². The molecule has 4 heteroatoms. The van der Waals surface area contributed by atoms with E-state index in [1.807, 2.05) is 0 Å². The van der Waals surface area contributed by atoms with E-state index in [-0.39, 0.29) is 11.4 Å². The van der Waals surface area contributed by atoms with Crippen LogP contribution in [0.5, 0.6) is 0 Å². The zero-order valence-electron chi connectivity index (χ0n) is 9.80. The van der Waals surface area contributed by atoms with Gasteiger partial charge in [-0.05, 0) is 45.8 Å². The zero-order chi connectivity index (χ0) is 11.6. The maximum absolute atomic E-state index is 12.0. The van der Waals surface area contributed by atoms with Gasteiger partial charge >= 0.3 is 0 Å². The molecule has 1 aliphatic heterocycles. The van der Waals surface area contributed by atoms with Crippen LogP contribution in [0.1, 0.15) is 35.9 Å². The molecule has 2 rings (SSSR count). The summed E-state index contributed by atoms with van der Waals surface area (Å²) in [6.07, 6.45) is 3.49. The molecule has 2 N–H and O–H groups in total. The highest BCUT2D eigenvalue weighted by Crippen LogP contribution is 2.19. The Hall–Kier alpha value is -1.29. The largest absolute Gasteiger partial charge is 0.469 e. The van der Waals surface area contributed by atoms with Gasteiger partial charge in [0.15, 0.2) is 0 Å². The zero-order valence-corrected chi connectivity index (χ0v) is 9.80. The van der Waals surface area contributed by atoms with Crippen molar-refractivity contribution < 1.29 is 9.21 Å². The number of carbonyl (C=O) groups is 1. The summed E-state index contributed by atoms with van der Waals surface area (Å²) in [5.41, 5.74) is 0.547. The highest BCUT2D eigenvalue weighted by Gasteiger charge is 2.29.